The van der Waals surface area contributed by atoms with Crippen LogP contribution in [0.5, 0.6) is 5.75 Å². The van der Waals surface area contributed by atoms with Gasteiger partial charge in [0.05, 0.1) is 6.61 Å². The van der Waals surface area contributed by atoms with Crippen LogP contribution in [-0.4, -0.2) is 29.7 Å². The van der Waals surface area contributed by atoms with E-state index in [2.05, 4.69) is 5.32 Å². The zero-order valence-corrected chi connectivity index (χ0v) is 14.9. The van der Waals surface area contributed by atoms with Gasteiger partial charge in [-0.3, -0.25) is 9.59 Å². The van der Waals surface area contributed by atoms with Crippen molar-refractivity contribution in [3.8, 4) is 5.75 Å². The molecule has 26 heavy (non-hydrogen) atoms. The largest absolute Gasteiger partial charge is 0.494 e. The second-order valence-electron chi connectivity index (χ2n) is 5.95. The molecular formula is C20H17NO4S. The highest BCUT2D eigenvalue weighted by atomic mass is 32.2. The van der Waals surface area contributed by atoms with Gasteiger partial charge in [0.15, 0.2) is 6.10 Å². The average molecular weight is 367 g/mol. The van der Waals surface area contributed by atoms with Crippen LogP contribution >= 0.6 is 11.8 Å². The molecule has 0 fully saturated rings. The Balaban J connectivity index is 1.54. The molecule has 2 unspecified atom stereocenters. The third-order valence-corrected chi connectivity index (χ3v) is 5.22. The van der Waals surface area contributed by atoms with Crippen molar-refractivity contribution in [1.29, 1.82) is 0 Å². The molecule has 132 valence electrons. The Hall–Kier alpha value is -2.73. The van der Waals surface area contributed by atoms with Crippen molar-refractivity contribution >= 4 is 34.1 Å². The lowest BCUT2D eigenvalue weighted by Gasteiger charge is -2.28. The van der Waals surface area contributed by atoms with E-state index in [-0.39, 0.29) is 10.9 Å². The van der Waals surface area contributed by atoms with Crippen LogP contribution in [0.3, 0.4) is 0 Å². The number of carbonyl (C=O) groups excluding carboxylic acids is 2. The topological polar surface area (TPSA) is 64.6 Å². The first-order valence-corrected chi connectivity index (χ1v) is 9.20. The number of hydrogen-bond acceptors (Lipinski definition) is 6. The van der Waals surface area contributed by atoms with E-state index in [1.165, 1.54) is 6.08 Å². The maximum Gasteiger partial charge on any atom is 0.220 e. The number of carbonyl (C=O) groups is 2. The first-order chi connectivity index (χ1) is 12.7. The van der Waals surface area contributed by atoms with Crippen LogP contribution in [0.25, 0.3) is 5.76 Å². The van der Waals surface area contributed by atoms with Gasteiger partial charge in [-0.25, -0.2) is 0 Å². The molecule has 0 saturated carbocycles. The van der Waals surface area contributed by atoms with Gasteiger partial charge in [0, 0.05) is 22.2 Å². The smallest absolute Gasteiger partial charge is 0.220 e. The van der Waals surface area contributed by atoms with Crippen LogP contribution in [0, 0.1) is 0 Å². The zero-order chi connectivity index (χ0) is 18.1. The fourth-order valence-corrected chi connectivity index (χ4v) is 3.92. The molecule has 0 amide bonds. The van der Waals surface area contributed by atoms with E-state index >= 15 is 0 Å². The van der Waals surface area contributed by atoms with Gasteiger partial charge in [0.25, 0.3) is 0 Å². The highest BCUT2D eigenvalue weighted by molar-refractivity contribution is 8.14. The molecule has 2 aliphatic heterocycles. The molecule has 2 heterocycles. The minimum absolute atomic E-state index is 0.146. The Bertz CT molecular complexity index is 894. The maximum absolute atomic E-state index is 12.6. The van der Waals surface area contributed by atoms with Crippen molar-refractivity contribution in [1.82, 2.24) is 0 Å². The maximum atomic E-state index is 12.6. The third-order valence-electron chi connectivity index (χ3n) is 4.21. The molecule has 0 spiro atoms. The molecule has 1 N–H and O–H groups in total. The van der Waals surface area contributed by atoms with E-state index in [4.69, 9.17) is 9.47 Å². The van der Waals surface area contributed by atoms with E-state index in [0.717, 1.165) is 27.9 Å². The van der Waals surface area contributed by atoms with Crippen LogP contribution in [-0.2, 0) is 14.3 Å². The summed E-state index contributed by atoms with van der Waals surface area (Å²) < 4.78 is 11.3. The summed E-state index contributed by atoms with van der Waals surface area (Å²) >= 11 is 1.11. The molecule has 0 bridgehead atoms. The number of anilines is 1. The first kappa shape index (κ1) is 16.7. The Morgan fingerprint density at radius 2 is 1.96 bits per heavy atom. The lowest BCUT2D eigenvalue weighted by molar-refractivity contribution is -0.124. The molecule has 4 rings (SSSR count). The number of ketones is 1. The number of hydrogen-bond donors (Lipinski definition) is 1. The molecule has 2 aromatic carbocycles. The Morgan fingerprint density at radius 1 is 1.15 bits per heavy atom. The van der Waals surface area contributed by atoms with Crippen molar-refractivity contribution < 1.29 is 19.1 Å². The molecule has 2 aliphatic rings. The van der Waals surface area contributed by atoms with Crippen LogP contribution in [0.1, 0.15) is 12.5 Å². The lowest BCUT2D eigenvalue weighted by atomic mass is 10.1. The van der Waals surface area contributed by atoms with Crippen LogP contribution in [0.4, 0.5) is 5.69 Å². The summed E-state index contributed by atoms with van der Waals surface area (Å²) in [4.78, 5) is 25.8. The molecular weight excluding hydrogens is 350 g/mol. The quantitative estimate of drug-likeness (QED) is 0.892. The number of fused-ring (bicyclic) bond motifs is 1. The lowest BCUT2D eigenvalue weighted by Crippen LogP contribution is -2.44. The molecule has 0 aromatic heterocycles. The standard InChI is InChI=1S/C20H17NO4S/c1-2-24-13-8-9-14-17(10-13)26-20(23)18(21-14)19-15(22)11-16(25-19)12-6-4-3-5-7-12/h3-11,18-19,21H,2H2,1H3. The highest BCUT2D eigenvalue weighted by Crippen LogP contribution is 2.39. The Morgan fingerprint density at radius 3 is 2.73 bits per heavy atom. The summed E-state index contributed by atoms with van der Waals surface area (Å²) in [6.07, 6.45) is 0.609. The summed E-state index contributed by atoms with van der Waals surface area (Å²) in [7, 11) is 0. The number of ether oxygens (including phenoxy) is 2. The predicted octanol–water partition coefficient (Wildman–Crippen LogP) is 3.51. The molecule has 2 atom stereocenters. The van der Waals surface area contributed by atoms with Gasteiger partial charge in [-0.1, -0.05) is 30.3 Å². The minimum Gasteiger partial charge on any atom is -0.494 e. The summed E-state index contributed by atoms with van der Waals surface area (Å²) in [5.41, 5.74) is 1.62. The van der Waals surface area contributed by atoms with Crippen LogP contribution in [0.2, 0.25) is 0 Å². The van der Waals surface area contributed by atoms with Gasteiger partial charge in [-0.2, -0.15) is 0 Å². The van der Waals surface area contributed by atoms with Gasteiger partial charge < -0.3 is 14.8 Å². The second kappa shape index (κ2) is 6.88. The van der Waals surface area contributed by atoms with Crippen LogP contribution in [0.15, 0.2) is 59.5 Å². The van der Waals surface area contributed by atoms with Crippen LogP contribution < -0.4 is 10.1 Å². The monoisotopic (exact) mass is 367 g/mol. The molecule has 0 radical (unpaired) electrons. The number of thioether (sulfide) groups is 1. The van der Waals surface area contributed by atoms with Crippen molar-refractivity contribution in [2.75, 3.05) is 11.9 Å². The van der Waals surface area contributed by atoms with Gasteiger partial charge in [0.2, 0.25) is 10.9 Å². The number of rotatable bonds is 4. The molecule has 6 heteroatoms. The SMILES string of the molecule is CCOc1ccc2c(c1)SC(=O)C(C1OC(c3ccccc3)=CC1=O)N2. The molecule has 0 aliphatic carbocycles. The average Bonchev–Trinajstić information content (AvgIpc) is 3.04. The Labute approximate surface area is 155 Å². The van der Waals surface area contributed by atoms with Gasteiger partial charge >= 0.3 is 0 Å². The highest BCUT2D eigenvalue weighted by Gasteiger charge is 2.41. The number of nitrogens with one attached hydrogen (secondary N) is 1. The molecule has 5 nitrogen and oxygen atoms in total. The van der Waals surface area contributed by atoms with Gasteiger partial charge in [-0.15, -0.1) is 0 Å². The normalized spacial score (nSPS) is 21.5. The van der Waals surface area contributed by atoms with Crippen molar-refractivity contribution in [3.63, 3.8) is 0 Å². The fourth-order valence-electron chi connectivity index (χ4n) is 2.99. The zero-order valence-electron chi connectivity index (χ0n) is 14.1. The summed E-state index contributed by atoms with van der Waals surface area (Å²) in [6, 6.07) is 14.2. The summed E-state index contributed by atoms with van der Waals surface area (Å²) in [5, 5.41) is 3.01. The summed E-state index contributed by atoms with van der Waals surface area (Å²) in [6.45, 7) is 2.47. The first-order valence-electron chi connectivity index (χ1n) is 8.38. The van der Waals surface area contributed by atoms with E-state index in [0.29, 0.717) is 18.1 Å². The Kier molecular flexibility index (Phi) is 4.42. The molecule has 2 aromatic rings. The van der Waals surface area contributed by atoms with Crippen molar-refractivity contribution in [3.05, 3.63) is 60.2 Å². The minimum atomic E-state index is -0.857. The third kappa shape index (κ3) is 3.08. The van der Waals surface area contributed by atoms with Gasteiger partial charge in [0.1, 0.15) is 17.6 Å². The fraction of sp³-hybridized carbons (Fsp3) is 0.200. The summed E-state index contributed by atoms with van der Waals surface area (Å²) in [5.74, 6) is 1.01. The van der Waals surface area contributed by atoms with Crippen molar-refractivity contribution in [2.45, 2.75) is 24.0 Å². The van der Waals surface area contributed by atoms with Gasteiger partial charge in [-0.05, 0) is 36.9 Å². The van der Waals surface area contributed by atoms with E-state index < -0.39 is 12.1 Å². The van der Waals surface area contributed by atoms with Crippen molar-refractivity contribution in [2.24, 2.45) is 0 Å². The van der Waals surface area contributed by atoms with E-state index in [1.54, 1.807) is 0 Å². The van der Waals surface area contributed by atoms with E-state index in [9.17, 15) is 9.59 Å². The second-order valence-corrected chi connectivity index (χ2v) is 7.00. The molecule has 0 saturated heterocycles. The van der Waals surface area contributed by atoms with E-state index in [1.807, 2.05) is 55.5 Å². The number of benzene rings is 2. The predicted molar refractivity (Wildman–Crippen MR) is 100 cm³/mol.